The molecule has 2 aromatic rings. The van der Waals surface area contributed by atoms with Crippen LogP contribution in [-0.4, -0.2) is 20.8 Å². The molecule has 1 aliphatic rings. The second-order valence-corrected chi connectivity index (χ2v) is 5.44. The maximum Gasteiger partial charge on any atom is 0.416 e. The number of halogens is 3. The Bertz CT molecular complexity index is 688. The number of aryl methyl sites for hydroxylation is 1. The molecule has 1 aromatic heterocycles. The van der Waals surface area contributed by atoms with Gasteiger partial charge < -0.3 is 4.90 Å². The number of rotatable bonds is 3. The van der Waals surface area contributed by atoms with E-state index in [9.17, 15) is 18.0 Å². The number of aromatic nitrogens is 2. The summed E-state index contributed by atoms with van der Waals surface area (Å²) in [6.07, 6.45) is -0.514. The van der Waals surface area contributed by atoms with Crippen molar-refractivity contribution in [1.82, 2.24) is 14.9 Å². The fraction of sp³-hybridized carbons (Fsp3) is 0.312. The van der Waals surface area contributed by atoms with Crippen LogP contribution in [0.25, 0.3) is 0 Å². The topological polar surface area (TPSA) is 46.1 Å². The van der Waals surface area contributed by atoms with Gasteiger partial charge in [0.15, 0.2) is 0 Å². The molecule has 1 aromatic carbocycles. The molecule has 0 saturated carbocycles. The number of hydrogen-bond acceptors (Lipinski definition) is 3. The molecule has 0 N–H and O–H groups in total. The molecule has 0 fully saturated rings. The van der Waals surface area contributed by atoms with Gasteiger partial charge in [0.1, 0.15) is 6.33 Å². The summed E-state index contributed by atoms with van der Waals surface area (Å²) in [5.74, 6) is -0.0390. The van der Waals surface area contributed by atoms with Gasteiger partial charge >= 0.3 is 6.18 Å². The molecule has 4 nitrogen and oxygen atoms in total. The zero-order chi connectivity index (χ0) is 16.4. The smallest absolute Gasteiger partial charge is 0.332 e. The van der Waals surface area contributed by atoms with E-state index in [1.807, 2.05) is 0 Å². The van der Waals surface area contributed by atoms with E-state index in [0.717, 1.165) is 23.4 Å². The summed E-state index contributed by atoms with van der Waals surface area (Å²) in [5, 5.41) is 0. The molecular weight excluding hydrogens is 307 g/mol. The third-order valence-corrected chi connectivity index (χ3v) is 3.84. The number of nitrogens with zero attached hydrogens (tertiary/aromatic N) is 3. The van der Waals surface area contributed by atoms with Crippen molar-refractivity contribution in [3.63, 3.8) is 0 Å². The van der Waals surface area contributed by atoms with E-state index in [1.165, 1.54) is 18.5 Å². The van der Waals surface area contributed by atoms with Gasteiger partial charge in [-0.3, -0.25) is 4.79 Å². The number of benzene rings is 1. The van der Waals surface area contributed by atoms with Crippen LogP contribution < -0.4 is 0 Å². The average Bonchev–Trinajstić information content (AvgIpc) is 2.96. The molecule has 0 atom stereocenters. The number of carbonyl (C=O) groups excluding carboxylic acids is 1. The first kappa shape index (κ1) is 15.5. The molecule has 3 rings (SSSR count). The molecule has 0 unspecified atom stereocenters. The lowest BCUT2D eigenvalue weighted by atomic mass is 10.1. The number of alkyl halides is 3. The summed E-state index contributed by atoms with van der Waals surface area (Å²) < 4.78 is 37.5. The highest BCUT2D eigenvalue weighted by Crippen LogP contribution is 2.29. The Kier molecular flexibility index (Phi) is 4.02. The molecule has 1 amide bonds. The van der Waals surface area contributed by atoms with E-state index in [2.05, 4.69) is 9.97 Å². The molecule has 1 aliphatic heterocycles. The number of amides is 1. The van der Waals surface area contributed by atoms with Crippen LogP contribution in [0.15, 0.2) is 36.8 Å². The van der Waals surface area contributed by atoms with Crippen LogP contribution in [0.3, 0.4) is 0 Å². The monoisotopic (exact) mass is 321 g/mol. The van der Waals surface area contributed by atoms with Gasteiger partial charge in [-0.2, -0.15) is 13.2 Å². The fourth-order valence-electron chi connectivity index (χ4n) is 2.55. The van der Waals surface area contributed by atoms with Gasteiger partial charge in [-0.1, -0.05) is 12.1 Å². The molecule has 7 heteroatoms. The van der Waals surface area contributed by atoms with E-state index in [0.29, 0.717) is 25.1 Å². The molecule has 120 valence electrons. The van der Waals surface area contributed by atoms with Crippen molar-refractivity contribution in [3.05, 3.63) is 59.2 Å². The van der Waals surface area contributed by atoms with Gasteiger partial charge in [-0.15, -0.1) is 0 Å². The average molecular weight is 321 g/mol. The lowest BCUT2D eigenvalue weighted by Gasteiger charge is -2.15. The number of hydrogen-bond donors (Lipinski definition) is 0. The largest absolute Gasteiger partial charge is 0.416 e. The predicted molar refractivity (Wildman–Crippen MR) is 76.1 cm³/mol. The maximum absolute atomic E-state index is 12.5. The van der Waals surface area contributed by atoms with E-state index < -0.39 is 11.7 Å². The summed E-state index contributed by atoms with van der Waals surface area (Å²) in [4.78, 5) is 22.0. The Morgan fingerprint density at radius 2 is 1.91 bits per heavy atom. The molecular formula is C16H14F3N3O. The van der Waals surface area contributed by atoms with Gasteiger partial charge in [0, 0.05) is 24.7 Å². The Morgan fingerprint density at radius 1 is 1.17 bits per heavy atom. The third-order valence-electron chi connectivity index (χ3n) is 3.84. The van der Waals surface area contributed by atoms with Crippen molar-refractivity contribution in [2.75, 3.05) is 0 Å². The molecule has 0 saturated heterocycles. The molecule has 0 radical (unpaired) electrons. The number of carbonyl (C=O) groups is 1. The van der Waals surface area contributed by atoms with Gasteiger partial charge in [0.05, 0.1) is 17.8 Å². The Labute approximate surface area is 131 Å². The Balaban J connectivity index is 1.56. The van der Waals surface area contributed by atoms with Crippen LogP contribution in [0.4, 0.5) is 13.2 Å². The zero-order valence-corrected chi connectivity index (χ0v) is 12.2. The summed E-state index contributed by atoms with van der Waals surface area (Å²) >= 11 is 0. The first-order valence-corrected chi connectivity index (χ1v) is 7.15. The molecule has 23 heavy (non-hydrogen) atoms. The normalized spacial score (nSPS) is 14.0. The van der Waals surface area contributed by atoms with Gasteiger partial charge in [0.25, 0.3) is 0 Å². The van der Waals surface area contributed by atoms with E-state index in [-0.39, 0.29) is 12.3 Å². The lowest BCUT2D eigenvalue weighted by molar-refractivity contribution is -0.137. The van der Waals surface area contributed by atoms with Crippen LogP contribution in [0.5, 0.6) is 0 Å². The van der Waals surface area contributed by atoms with E-state index in [4.69, 9.17) is 0 Å². The Morgan fingerprint density at radius 3 is 2.57 bits per heavy atom. The van der Waals surface area contributed by atoms with Gasteiger partial charge in [-0.05, 0) is 24.1 Å². The zero-order valence-electron chi connectivity index (χ0n) is 12.2. The standard InChI is InChI=1S/C16H14F3N3O/c17-16(18,19)13-4-1-11(2-5-13)3-6-15(23)22-8-12-7-20-10-21-14(12)9-22/h1-2,4-5,7,10H,3,6,8-9H2. The van der Waals surface area contributed by atoms with Crippen molar-refractivity contribution in [2.24, 2.45) is 0 Å². The van der Waals surface area contributed by atoms with Crippen molar-refractivity contribution in [3.8, 4) is 0 Å². The quantitative estimate of drug-likeness (QED) is 0.873. The van der Waals surface area contributed by atoms with Gasteiger partial charge in [0.2, 0.25) is 5.91 Å². The summed E-state index contributed by atoms with van der Waals surface area (Å²) in [7, 11) is 0. The minimum atomic E-state index is -4.34. The number of fused-ring (bicyclic) bond motifs is 1. The first-order chi connectivity index (χ1) is 10.9. The second-order valence-electron chi connectivity index (χ2n) is 5.44. The van der Waals surface area contributed by atoms with Crippen molar-refractivity contribution in [2.45, 2.75) is 32.1 Å². The first-order valence-electron chi connectivity index (χ1n) is 7.15. The van der Waals surface area contributed by atoms with Crippen LogP contribution in [0.1, 0.15) is 28.8 Å². The van der Waals surface area contributed by atoms with Crippen LogP contribution in [-0.2, 0) is 30.5 Å². The minimum absolute atomic E-state index is 0.0390. The third kappa shape index (κ3) is 3.49. The molecule has 0 bridgehead atoms. The molecule has 2 heterocycles. The highest BCUT2D eigenvalue weighted by atomic mass is 19.4. The van der Waals surface area contributed by atoms with E-state index >= 15 is 0 Å². The van der Waals surface area contributed by atoms with Crippen molar-refractivity contribution in [1.29, 1.82) is 0 Å². The second kappa shape index (κ2) is 5.98. The Hall–Kier alpha value is -2.44. The van der Waals surface area contributed by atoms with Crippen LogP contribution in [0, 0.1) is 0 Å². The summed E-state index contributed by atoms with van der Waals surface area (Å²) in [6, 6.07) is 4.92. The lowest BCUT2D eigenvalue weighted by Crippen LogP contribution is -2.25. The van der Waals surface area contributed by atoms with Crippen LogP contribution in [0.2, 0.25) is 0 Å². The predicted octanol–water partition coefficient (Wildman–Crippen LogP) is 2.97. The fourth-order valence-corrected chi connectivity index (χ4v) is 2.55. The SMILES string of the molecule is O=C(CCc1ccc(C(F)(F)F)cc1)N1Cc2cncnc2C1. The van der Waals surface area contributed by atoms with Crippen molar-refractivity contribution >= 4 is 5.91 Å². The van der Waals surface area contributed by atoms with Gasteiger partial charge in [-0.25, -0.2) is 9.97 Å². The van der Waals surface area contributed by atoms with E-state index in [1.54, 1.807) is 11.1 Å². The summed E-state index contributed by atoms with van der Waals surface area (Å²) in [5.41, 5.74) is 1.82. The van der Waals surface area contributed by atoms with Crippen molar-refractivity contribution < 1.29 is 18.0 Å². The molecule has 0 spiro atoms. The summed E-state index contributed by atoms with van der Waals surface area (Å²) in [6.45, 7) is 0.950. The van der Waals surface area contributed by atoms with Crippen LogP contribution >= 0.6 is 0 Å². The minimum Gasteiger partial charge on any atom is -0.332 e. The maximum atomic E-state index is 12.5. The highest BCUT2D eigenvalue weighted by Gasteiger charge is 2.30. The molecule has 0 aliphatic carbocycles. The highest BCUT2D eigenvalue weighted by molar-refractivity contribution is 5.77.